The SMILES string of the molecule is CCC.N#CN=C(N)N1CCC(CC(=O)N2CCN(C3c4ccc(Cl)cc4CCc4cc(Br)cnc43)CC2)CC1. The minimum absolute atomic E-state index is 0.0555. The number of carbonyl (C=O) groups excluding carboxylic acids is 1. The number of guanidine groups is 1. The van der Waals surface area contributed by atoms with Crippen molar-refractivity contribution in [3.63, 3.8) is 0 Å². The Bertz CT molecular complexity index is 1190. The highest BCUT2D eigenvalue weighted by Crippen LogP contribution is 2.38. The molecule has 1 unspecified atom stereocenters. The molecule has 8 nitrogen and oxygen atoms in total. The van der Waals surface area contributed by atoms with Gasteiger partial charge in [0.1, 0.15) is 0 Å². The van der Waals surface area contributed by atoms with Crippen LogP contribution in [0.2, 0.25) is 5.02 Å². The summed E-state index contributed by atoms with van der Waals surface area (Å²) in [6.07, 6.45) is 9.07. The number of aliphatic imine (C=N–C) groups is 1. The molecule has 5 rings (SSSR count). The third-order valence-electron chi connectivity index (χ3n) is 7.89. The maximum Gasteiger partial charge on any atom is 0.222 e. The molecule has 1 atom stereocenters. The first-order valence-corrected chi connectivity index (χ1v) is 15.4. The van der Waals surface area contributed by atoms with E-state index >= 15 is 0 Å². The fraction of sp³-hybridized carbons (Fsp3) is 0.533. The number of pyridine rings is 1. The Labute approximate surface area is 251 Å². The van der Waals surface area contributed by atoms with E-state index in [0.717, 1.165) is 67.1 Å². The zero-order valence-electron chi connectivity index (χ0n) is 23.5. The molecule has 40 heavy (non-hydrogen) atoms. The Morgan fingerprint density at radius 3 is 2.45 bits per heavy atom. The molecule has 2 N–H and O–H groups in total. The number of piperazine rings is 1. The van der Waals surface area contributed by atoms with Gasteiger partial charge in [-0.2, -0.15) is 5.26 Å². The van der Waals surface area contributed by atoms with E-state index < -0.39 is 0 Å². The monoisotopic (exact) mass is 627 g/mol. The maximum atomic E-state index is 13.2. The number of piperidine rings is 1. The van der Waals surface area contributed by atoms with Gasteiger partial charge >= 0.3 is 0 Å². The Morgan fingerprint density at radius 1 is 1.10 bits per heavy atom. The Hall–Kier alpha value is -2.67. The summed E-state index contributed by atoms with van der Waals surface area (Å²) in [7, 11) is 0. The van der Waals surface area contributed by atoms with Gasteiger partial charge in [-0.1, -0.05) is 37.9 Å². The van der Waals surface area contributed by atoms with Crippen LogP contribution in [0.1, 0.15) is 68.0 Å². The average Bonchev–Trinajstić information content (AvgIpc) is 3.10. The Morgan fingerprint density at radius 2 is 1.77 bits per heavy atom. The molecule has 3 heterocycles. The molecular weight excluding hydrogens is 590 g/mol. The molecule has 1 aromatic heterocycles. The molecule has 214 valence electrons. The van der Waals surface area contributed by atoms with Crippen LogP contribution in [-0.4, -0.2) is 70.8 Å². The number of amides is 1. The molecule has 0 bridgehead atoms. The zero-order chi connectivity index (χ0) is 28.6. The second kappa shape index (κ2) is 14.3. The van der Waals surface area contributed by atoms with Gasteiger partial charge in [-0.05, 0) is 82.4 Å². The summed E-state index contributed by atoms with van der Waals surface area (Å²) in [4.78, 5) is 28.1. The molecule has 3 aliphatic rings. The summed E-state index contributed by atoms with van der Waals surface area (Å²) < 4.78 is 0.996. The molecular formula is C30H39BrClN7O. The lowest BCUT2D eigenvalue weighted by atomic mass is 9.93. The number of aromatic nitrogens is 1. The summed E-state index contributed by atoms with van der Waals surface area (Å²) in [6.45, 7) is 8.74. The molecule has 10 heteroatoms. The van der Waals surface area contributed by atoms with Gasteiger partial charge in [0.15, 0.2) is 0 Å². The van der Waals surface area contributed by atoms with Crippen LogP contribution in [0.25, 0.3) is 0 Å². The van der Waals surface area contributed by atoms with Crippen molar-refractivity contribution in [3.8, 4) is 6.19 Å². The number of aryl methyl sites for hydroxylation is 2. The second-order valence-corrected chi connectivity index (χ2v) is 12.1. The standard InChI is InChI=1S/C27H31BrClN7O.C3H8/c28-21-14-20-2-1-19-15-22(29)3-4-23(19)26(25(20)32-16-21)35-11-9-34(10-12-35)24(37)13-18-5-7-36(8-6-18)27(31)33-17-30;1-3-2/h3-4,14-16,18,26H,1-2,5-13H2,(H2,31,33);3H2,1-2H3. The van der Waals surface area contributed by atoms with E-state index in [4.69, 9.17) is 27.6 Å². The van der Waals surface area contributed by atoms with Gasteiger partial charge in [-0.3, -0.25) is 14.7 Å². The number of fused-ring (bicyclic) bond motifs is 2. The summed E-state index contributed by atoms with van der Waals surface area (Å²) in [5.41, 5.74) is 10.8. The lowest BCUT2D eigenvalue weighted by Crippen LogP contribution is -2.50. The van der Waals surface area contributed by atoms with E-state index in [0.29, 0.717) is 25.4 Å². The van der Waals surface area contributed by atoms with Crippen molar-refractivity contribution in [1.29, 1.82) is 5.26 Å². The van der Waals surface area contributed by atoms with Crippen LogP contribution in [0.4, 0.5) is 0 Å². The predicted molar refractivity (Wildman–Crippen MR) is 163 cm³/mol. The van der Waals surface area contributed by atoms with Crippen molar-refractivity contribution in [2.24, 2.45) is 16.6 Å². The van der Waals surface area contributed by atoms with Crippen molar-refractivity contribution in [1.82, 2.24) is 19.7 Å². The molecule has 0 radical (unpaired) electrons. The van der Waals surface area contributed by atoms with Gasteiger partial charge in [-0.15, -0.1) is 4.99 Å². The third-order valence-corrected chi connectivity index (χ3v) is 8.56. The molecule has 2 aromatic rings. The number of hydrogen-bond acceptors (Lipinski definition) is 5. The van der Waals surface area contributed by atoms with Crippen LogP contribution in [0.15, 0.2) is 39.9 Å². The topological polar surface area (TPSA) is 102 Å². The van der Waals surface area contributed by atoms with E-state index in [1.807, 2.05) is 22.1 Å². The number of halogens is 2. The smallest absolute Gasteiger partial charge is 0.222 e. The number of hydrogen-bond donors (Lipinski definition) is 1. The Balaban J connectivity index is 0.00000118. The van der Waals surface area contributed by atoms with Crippen molar-refractivity contribution < 1.29 is 4.79 Å². The van der Waals surface area contributed by atoms with Crippen LogP contribution >= 0.6 is 27.5 Å². The molecule has 2 aliphatic heterocycles. The highest BCUT2D eigenvalue weighted by atomic mass is 79.9. The van der Waals surface area contributed by atoms with Crippen LogP contribution in [0.5, 0.6) is 0 Å². The molecule has 2 fully saturated rings. The lowest BCUT2D eigenvalue weighted by Gasteiger charge is -2.40. The van der Waals surface area contributed by atoms with Gasteiger partial charge in [0, 0.05) is 61.4 Å². The minimum Gasteiger partial charge on any atom is -0.369 e. The predicted octanol–water partition coefficient (Wildman–Crippen LogP) is 5.14. The second-order valence-electron chi connectivity index (χ2n) is 10.8. The van der Waals surface area contributed by atoms with Crippen LogP contribution in [0, 0.1) is 17.4 Å². The minimum atomic E-state index is 0.0555. The first-order chi connectivity index (χ1) is 19.3. The third kappa shape index (κ3) is 7.34. The van der Waals surface area contributed by atoms with E-state index in [1.54, 1.807) is 6.19 Å². The number of nitrogens with two attached hydrogens (primary N) is 1. The van der Waals surface area contributed by atoms with Crippen LogP contribution < -0.4 is 5.73 Å². The van der Waals surface area contributed by atoms with E-state index in [9.17, 15) is 4.79 Å². The molecule has 1 aliphatic carbocycles. The number of rotatable bonds is 3. The first-order valence-electron chi connectivity index (χ1n) is 14.3. The maximum absolute atomic E-state index is 13.2. The number of carbonyl (C=O) groups is 1. The summed E-state index contributed by atoms with van der Waals surface area (Å²) in [5, 5.41) is 9.47. The fourth-order valence-corrected chi connectivity index (χ4v) is 6.45. The van der Waals surface area contributed by atoms with Gasteiger partial charge < -0.3 is 15.5 Å². The van der Waals surface area contributed by atoms with Gasteiger partial charge in [0.05, 0.1) is 11.7 Å². The largest absolute Gasteiger partial charge is 0.369 e. The van der Waals surface area contributed by atoms with Crippen molar-refractivity contribution in [2.75, 3.05) is 39.3 Å². The van der Waals surface area contributed by atoms with Crippen LogP contribution in [-0.2, 0) is 17.6 Å². The highest BCUT2D eigenvalue weighted by Gasteiger charge is 2.34. The van der Waals surface area contributed by atoms with E-state index in [2.05, 4.69) is 57.9 Å². The number of benzene rings is 1. The molecule has 0 spiro atoms. The van der Waals surface area contributed by atoms with Crippen molar-refractivity contribution in [2.45, 2.75) is 58.4 Å². The summed E-state index contributed by atoms with van der Waals surface area (Å²) in [5.74, 6) is 0.839. The van der Waals surface area contributed by atoms with Gasteiger partial charge in [0.25, 0.3) is 0 Å². The number of nitriles is 1. The molecule has 2 saturated heterocycles. The van der Waals surface area contributed by atoms with E-state index in [1.165, 1.54) is 23.1 Å². The number of likely N-dealkylation sites (tertiary alicyclic amines) is 1. The Kier molecular flexibility index (Phi) is 10.8. The first kappa shape index (κ1) is 30.3. The van der Waals surface area contributed by atoms with Crippen LogP contribution in [0.3, 0.4) is 0 Å². The molecule has 1 amide bonds. The highest BCUT2D eigenvalue weighted by molar-refractivity contribution is 9.10. The van der Waals surface area contributed by atoms with Crippen molar-refractivity contribution in [3.05, 3.63) is 62.3 Å². The van der Waals surface area contributed by atoms with Gasteiger partial charge in [0.2, 0.25) is 18.1 Å². The van der Waals surface area contributed by atoms with Crippen molar-refractivity contribution >= 4 is 39.4 Å². The normalized spacial score (nSPS) is 20.0. The summed E-state index contributed by atoms with van der Waals surface area (Å²) in [6, 6.07) is 8.46. The van der Waals surface area contributed by atoms with E-state index in [-0.39, 0.29) is 17.9 Å². The van der Waals surface area contributed by atoms with Gasteiger partial charge in [-0.25, -0.2) is 0 Å². The lowest BCUT2D eigenvalue weighted by molar-refractivity contribution is -0.134. The molecule has 0 saturated carbocycles. The molecule has 1 aromatic carbocycles. The fourth-order valence-electron chi connectivity index (χ4n) is 5.88. The summed E-state index contributed by atoms with van der Waals surface area (Å²) >= 11 is 9.95. The zero-order valence-corrected chi connectivity index (χ0v) is 25.8. The quantitative estimate of drug-likeness (QED) is 0.287. The average molecular weight is 629 g/mol. The number of nitrogens with zero attached hydrogens (tertiary/aromatic N) is 6.